The largest absolute Gasteiger partial charge is 0.493 e. The highest BCUT2D eigenvalue weighted by Gasteiger charge is 2.65. The lowest BCUT2D eigenvalue weighted by atomic mass is 9.53. The molecule has 2 bridgehead atoms. The molecule has 3 heterocycles. The molecule has 2 saturated heterocycles. The van der Waals surface area contributed by atoms with Gasteiger partial charge in [-0.3, -0.25) is 0 Å². The fraction of sp³-hybridized carbons (Fsp3) is 0.625. The summed E-state index contributed by atoms with van der Waals surface area (Å²) < 4.78 is 23.7. The van der Waals surface area contributed by atoms with E-state index in [1.54, 1.807) is 7.11 Å². The van der Waals surface area contributed by atoms with Gasteiger partial charge in [0.05, 0.1) is 7.11 Å². The predicted molar refractivity (Wildman–Crippen MR) is 116 cm³/mol. The summed E-state index contributed by atoms with van der Waals surface area (Å²) in [6.45, 7) is 0.881. The SMILES string of the molecule is COc1ccc2c3c1O[C@H]1[C@@H](O[C@@H]4O[C@H](C(=O)O)[C@@H](O)[C@H](O)[C@H]4O)C=CC4[C@@H](C2)N(C)CC[C@@]341. The van der Waals surface area contributed by atoms with Gasteiger partial charge in [-0.05, 0) is 38.1 Å². The number of hydrogen-bond acceptors (Lipinski definition) is 9. The van der Waals surface area contributed by atoms with Crippen molar-refractivity contribution in [3.63, 3.8) is 0 Å². The van der Waals surface area contributed by atoms with Crippen molar-refractivity contribution in [1.29, 1.82) is 0 Å². The molecule has 3 aliphatic heterocycles. The zero-order chi connectivity index (χ0) is 23.9. The van der Waals surface area contributed by atoms with Crippen molar-refractivity contribution < 1.29 is 44.2 Å². The second-order valence-electron chi connectivity index (χ2n) is 9.96. The first-order valence-corrected chi connectivity index (χ1v) is 11.6. The van der Waals surface area contributed by atoms with Crippen molar-refractivity contribution in [3.8, 4) is 11.5 Å². The van der Waals surface area contributed by atoms with Crippen molar-refractivity contribution in [2.75, 3.05) is 20.7 Å². The number of carboxylic acid groups (broad SMARTS) is 1. The van der Waals surface area contributed by atoms with Gasteiger partial charge in [-0.1, -0.05) is 18.2 Å². The first-order chi connectivity index (χ1) is 16.3. The first kappa shape index (κ1) is 22.3. The van der Waals surface area contributed by atoms with Crippen molar-refractivity contribution in [2.45, 2.75) is 67.2 Å². The molecule has 34 heavy (non-hydrogen) atoms. The van der Waals surface area contributed by atoms with Crippen molar-refractivity contribution in [2.24, 2.45) is 5.92 Å². The van der Waals surface area contributed by atoms with E-state index in [1.165, 1.54) is 5.56 Å². The molecule has 1 unspecified atom stereocenters. The minimum Gasteiger partial charge on any atom is -0.493 e. The molecule has 0 saturated carbocycles. The van der Waals surface area contributed by atoms with Crippen molar-refractivity contribution in [3.05, 3.63) is 35.4 Å². The highest BCUT2D eigenvalue weighted by atomic mass is 16.7. The number of carboxylic acids is 1. The van der Waals surface area contributed by atoms with Gasteiger partial charge < -0.3 is 44.3 Å². The number of piperidine rings is 1. The lowest BCUT2D eigenvalue weighted by molar-refractivity contribution is -0.307. The molecule has 1 spiro atoms. The van der Waals surface area contributed by atoms with Crippen molar-refractivity contribution in [1.82, 2.24) is 4.90 Å². The Morgan fingerprint density at radius 2 is 1.97 bits per heavy atom. The van der Waals surface area contributed by atoms with Crippen LogP contribution in [-0.2, 0) is 26.1 Å². The van der Waals surface area contributed by atoms with Gasteiger partial charge in [-0.15, -0.1) is 0 Å². The number of carbonyl (C=O) groups is 1. The maximum Gasteiger partial charge on any atom is 0.335 e. The van der Waals surface area contributed by atoms with E-state index < -0.39 is 48.9 Å². The predicted octanol–water partition coefficient (Wildman–Crippen LogP) is -0.582. The van der Waals surface area contributed by atoms with Gasteiger partial charge in [-0.25, -0.2) is 4.79 Å². The third kappa shape index (κ3) is 2.81. The fourth-order valence-corrected chi connectivity index (χ4v) is 6.81. The number of aliphatic hydroxyl groups excluding tert-OH is 3. The van der Waals surface area contributed by atoms with Gasteiger partial charge in [-0.2, -0.15) is 0 Å². The van der Waals surface area contributed by atoms with E-state index in [0.717, 1.165) is 24.9 Å². The minimum absolute atomic E-state index is 0.188. The zero-order valence-electron chi connectivity index (χ0n) is 18.9. The third-order valence-corrected chi connectivity index (χ3v) is 8.44. The summed E-state index contributed by atoms with van der Waals surface area (Å²) >= 11 is 0. The lowest BCUT2D eigenvalue weighted by Gasteiger charge is -2.57. The van der Waals surface area contributed by atoms with Crippen LogP contribution in [0.3, 0.4) is 0 Å². The van der Waals surface area contributed by atoms with E-state index in [2.05, 4.69) is 24.1 Å². The summed E-state index contributed by atoms with van der Waals surface area (Å²) in [5.41, 5.74) is 2.00. The summed E-state index contributed by atoms with van der Waals surface area (Å²) in [6, 6.07) is 4.32. The standard InChI is InChI=1S/C24H29NO9/c1-25-8-7-24-11-4-6-14(32-23-18(28)16(26)17(27)20(34-23)22(29)30)21(24)33-19-13(31-2)5-3-10(15(19)24)9-12(11)25/h3-6,11-12,14,16-18,20-21,23,26-28H,7-9H2,1-2H3,(H,29,30)/t11?,12-,14+,16+,17+,18-,20+,21+,23-,24+/m1/s1. The fourth-order valence-electron chi connectivity index (χ4n) is 6.81. The summed E-state index contributed by atoms with van der Waals surface area (Å²) in [5, 5.41) is 40.1. The number of benzene rings is 1. The number of aliphatic hydroxyl groups is 3. The number of likely N-dealkylation sites (tertiary alicyclic amines) is 1. The van der Waals surface area contributed by atoms with Crippen LogP contribution in [-0.4, -0.2) is 101 Å². The average Bonchev–Trinajstić information content (AvgIpc) is 3.17. The molecule has 2 fully saturated rings. The molecule has 6 rings (SSSR count). The Balaban J connectivity index is 1.39. The van der Waals surface area contributed by atoms with Gasteiger partial charge in [0.15, 0.2) is 23.9 Å². The van der Waals surface area contributed by atoms with E-state index in [1.807, 2.05) is 12.1 Å². The summed E-state index contributed by atoms with van der Waals surface area (Å²) in [5.74, 6) is 0.0951. The van der Waals surface area contributed by atoms with Crippen LogP contribution in [0.2, 0.25) is 0 Å². The number of methoxy groups -OCH3 is 1. The van der Waals surface area contributed by atoms with Crippen LogP contribution >= 0.6 is 0 Å². The van der Waals surface area contributed by atoms with E-state index in [0.29, 0.717) is 17.5 Å². The number of rotatable bonds is 4. The molecule has 0 aromatic heterocycles. The first-order valence-electron chi connectivity index (χ1n) is 11.6. The van der Waals surface area contributed by atoms with Crippen LogP contribution in [0.25, 0.3) is 0 Å². The molecule has 184 valence electrons. The van der Waals surface area contributed by atoms with E-state index in [9.17, 15) is 25.2 Å². The maximum atomic E-state index is 11.5. The molecule has 10 atom stereocenters. The summed E-state index contributed by atoms with van der Waals surface area (Å²) in [7, 11) is 3.75. The second kappa shape index (κ2) is 7.64. The molecular weight excluding hydrogens is 446 g/mol. The number of nitrogens with zero attached hydrogens (tertiary/aromatic N) is 1. The molecular formula is C24H29NO9. The molecule has 2 aliphatic carbocycles. The van der Waals surface area contributed by atoms with E-state index >= 15 is 0 Å². The van der Waals surface area contributed by atoms with Gasteiger partial charge >= 0.3 is 5.97 Å². The monoisotopic (exact) mass is 475 g/mol. The smallest absolute Gasteiger partial charge is 0.335 e. The summed E-state index contributed by atoms with van der Waals surface area (Å²) in [4.78, 5) is 13.9. The van der Waals surface area contributed by atoms with E-state index in [-0.39, 0.29) is 11.3 Å². The topological polar surface area (TPSA) is 138 Å². The van der Waals surface area contributed by atoms with Gasteiger partial charge in [0.25, 0.3) is 0 Å². The van der Waals surface area contributed by atoms with Crippen LogP contribution < -0.4 is 9.47 Å². The van der Waals surface area contributed by atoms with Gasteiger partial charge in [0.2, 0.25) is 0 Å². The quantitative estimate of drug-likeness (QED) is 0.418. The van der Waals surface area contributed by atoms with Gasteiger partial charge in [0, 0.05) is 22.9 Å². The third-order valence-electron chi connectivity index (χ3n) is 8.44. The molecule has 0 radical (unpaired) electrons. The van der Waals surface area contributed by atoms with Crippen LogP contribution in [0, 0.1) is 5.92 Å². The Morgan fingerprint density at radius 3 is 2.71 bits per heavy atom. The lowest BCUT2D eigenvalue weighted by Crippen LogP contribution is -2.66. The highest BCUT2D eigenvalue weighted by molar-refractivity contribution is 5.73. The zero-order valence-corrected chi connectivity index (χ0v) is 18.9. The molecule has 4 N–H and O–H groups in total. The molecule has 5 aliphatic rings. The molecule has 10 heteroatoms. The van der Waals surface area contributed by atoms with Crippen LogP contribution in [0.1, 0.15) is 17.5 Å². The number of likely N-dealkylation sites (N-methyl/N-ethyl adjacent to an activating group) is 1. The molecule has 1 aromatic rings. The number of ether oxygens (including phenoxy) is 4. The number of aliphatic carboxylic acids is 1. The number of hydrogen-bond donors (Lipinski definition) is 4. The summed E-state index contributed by atoms with van der Waals surface area (Å²) in [6.07, 6.45) is -3.69. The Hall–Kier alpha value is -2.21. The molecule has 0 amide bonds. The Morgan fingerprint density at radius 1 is 1.18 bits per heavy atom. The molecule has 10 nitrogen and oxygen atoms in total. The van der Waals surface area contributed by atoms with Gasteiger partial charge in [0.1, 0.15) is 30.5 Å². The Kier molecular flexibility index (Phi) is 5.01. The van der Waals surface area contributed by atoms with Crippen LogP contribution in [0.4, 0.5) is 0 Å². The second-order valence-corrected chi connectivity index (χ2v) is 9.96. The minimum atomic E-state index is -1.77. The van der Waals surface area contributed by atoms with E-state index in [4.69, 9.17) is 18.9 Å². The van der Waals surface area contributed by atoms with Crippen molar-refractivity contribution >= 4 is 5.97 Å². The highest BCUT2D eigenvalue weighted by Crippen LogP contribution is 2.62. The van der Waals surface area contributed by atoms with Crippen LogP contribution in [0.15, 0.2) is 24.3 Å². The Labute approximate surface area is 196 Å². The normalized spacial score (nSPS) is 44.3. The maximum absolute atomic E-state index is 11.5. The van der Waals surface area contributed by atoms with Crippen LogP contribution in [0.5, 0.6) is 11.5 Å². The molecule has 1 aromatic carbocycles. The average molecular weight is 475 g/mol. The Bertz CT molecular complexity index is 1050.